The number of thiazole rings is 2. The standard InChI is InChI=1S/C13H12ClN3S.C10H10BrClN2.3C4H9.C3H2NS.Sn/c1-8(2)17-10-5-3-4-9(11(10)16-13(17)14)12-15-6-7-18-12;1-6(2)14-8-5-3-4-7(11)9(8)13-10(14)12;3*1-3-4-2;1-2-5-3-4-1;/h3-8H,1-2H3;3-6H,1-2H3;3*1,3-4H2,2H3;1-2H;. The summed E-state index contributed by atoms with van der Waals surface area (Å²) in [5.74, 6) is 0. The Kier molecular flexibility index (Phi) is 16.6. The van der Waals surface area contributed by atoms with Crippen molar-refractivity contribution < 1.29 is 0 Å². The van der Waals surface area contributed by atoms with E-state index < -0.39 is 18.4 Å². The van der Waals surface area contributed by atoms with Crippen LogP contribution in [0.3, 0.4) is 0 Å². The number of para-hydroxylation sites is 2. The number of halogens is 3. The molecule has 0 bridgehead atoms. The Morgan fingerprint density at radius 2 is 1.20 bits per heavy atom. The van der Waals surface area contributed by atoms with E-state index in [2.05, 4.69) is 84.7 Å². The van der Waals surface area contributed by atoms with Crippen molar-refractivity contribution in [2.75, 3.05) is 0 Å². The molecule has 0 saturated heterocycles. The van der Waals surface area contributed by atoms with Crippen LogP contribution in [-0.4, -0.2) is 47.4 Å². The van der Waals surface area contributed by atoms with E-state index in [4.69, 9.17) is 28.2 Å². The molecular weight excluding hydrogens is 874 g/mol. The Labute approximate surface area is 329 Å². The van der Waals surface area contributed by atoms with E-state index in [1.165, 1.54) is 38.5 Å². The van der Waals surface area contributed by atoms with E-state index in [-0.39, 0.29) is 6.04 Å². The average Bonchev–Trinajstić information content (AvgIpc) is 3.91. The molecule has 6 aromatic rings. The van der Waals surface area contributed by atoms with Gasteiger partial charge >= 0.3 is 122 Å². The number of benzene rings is 2. The first-order valence-corrected chi connectivity index (χ1v) is 28.7. The van der Waals surface area contributed by atoms with Crippen LogP contribution in [0.25, 0.3) is 32.6 Å². The first-order chi connectivity index (χ1) is 24.1. The van der Waals surface area contributed by atoms with Crippen molar-refractivity contribution in [2.45, 2.75) is 112 Å². The van der Waals surface area contributed by atoms with Gasteiger partial charge in [0.2, 0.25) is 10.6 Å². The summed E-state index contributed by atoms with van der Waals surface area (Å²) in [6.07, 6.45) is 12.2. The van der Waals surface area contributed by atoms with Gasteiger partial charge in [-0.05, 0) is 91.1 Å². The zero-order valence-electron chi connectivity index (χ0n) is 30.4. The second-order valence-corrected chi connectivity index (χ2v) is 30.5. The molecule has 0 saturated carbocycles. The molecular formula is C38H51BrCl2N6S2Sn. The van der Waals surface area contributed by atoms with E-state index in [9.17, 15) is 0 Å². The van der Waals surface area contributed by atoms with Gasteiger partial charge in [0, 0.05) is 33.7 Å². The molecule has 0 fully saturated rings. The fraction of sp³-hybridized carbons (Fsp3) is 0.474. The van der Waals surface area contributed by atoms with Gasteiger partial charge in [0.05, 0.1) is 11.0 Å². The van der Waals surface area contributed by atoms with Gasteiger partial charge in [0.15, 0.2) is 0 Å². The molecule has 4 aromatic heterocycles. The van der Waals surface area contributed by atoms with Crippen LogP contribution < -0.4 is 3.02 Å². The number of nitrogens with zero attached hydrogens (tertiary/aromatic N) is 6. The van der Waals surface area contributed by atoms with Crippen molar-refractivity contribution in [3.63, 3.8) is 0 Å². The SMILES string of the molecule is CC(C)n1c(Cl)nc2c(-c3nccs3)cccc21.CC(C)n1c(Cl)nc2c(Br)cccc21.CCC[CH2][Sn]([CH2]CCC)([CH2]CCC)[c]1nccs1. The number of aromatic nitrogens is 6. The minimum atomic E-state index is -2.12. The van der Waals surface area contributed by atoms with Gasteiger partial charge in [-0.15, -0.1) is 11.3 Å². The molecule has 6 nitrogen and oxygen atoms in total. The van der Waals surface area contributed by atoms with Gasteiger partial charge in [-0.1, -0.05) is 12.1 Å². The predicted octanol–water partition coefficient (Wildman–Crippen LogP) is 13.6. The maximum atomic E-state index is 6.23. The van der Waals surface area contributed by atoms with E-state index in [1.807, 2.05) is 68.4 Å². The average molecular weight is 926 g/mol. The molecule has 0 atom stereocenters. The monoisotopic (exact) mass is 924 g/mol. The molecule has 0 N–H and O–H groups in total. The van der Waals surface area contributed by atoms with Crippen molar-refractivity contribution in [1.82, 2.24) is 29.1 Å². The summed E-state index contributed by atoms with van der Waals surface area (Å²) in [4.78, 5) is 17.9. The molecule has 270 valence electrons. The summed E-state index contributed by atoms with van der Waals surface area (Å²) < 4.78 is 11.3. The van der Waals surface area contributed by atoms with Crippen LogP contribution in [0.2, 0.25) is 23.9 Å². The van der Waals surface area contributed by atoms with Crippen LogP contribution >= 0.6 is 61.8 Å². The van der Waals surface area contributed by atoms with Gasteiger partial charge in [-0.25, -0.2) is 15.0 Å². The molecule has 0 spiro atoms. The van der Waals surface area contributed by atoms with Crippen LogP contribution in [0.15, 0.2) is 64.0 Å². The van der Waals surface area contributed by atoms with E-state index in [0.717, 1.165) is 37.1 Å². The molecule has 0 aliphatic rings. The van der Waals surface area contributed by atoms with Crippen molar-refractivity contribution in [1.29, 1.82) is 0 Å². The first-order valence-electron chi connectivity index (χ1n) is 17.9. The third kappa shape index (κ3) is 10.1. The molecule has 0 unspecified atom stereocenters. The summed E-state index contributed by atoms with van der Waals surface area (Å²) >= 11 is 17.2. The zero-order chi connectivity index (χ0) is 36.3. The molecule has 0 aliphatic heterocycles. The molecule has 12 heteroatoms. The van der Waals surface area contributed by atoms with Gasteiger partial charge in [0.25, 0.3) is 0 Å². The normalized spacial score (nSPS) is 11.7. The molecule has 50 heavy (non-hydrogen) atoms. The summed E-state index contributed by atoms with van der Waals surface area (Å²) in [7, 11) is 0. The van der Waals surface area contributed by atoms with Crippen LogP contribution in [0.5, 0.6) is 0 Å². The van der Waals surface area contributed by atoms with Gasteiger partial charge in [-0.3, -0.25) is 0 Å². The Hall–Kier alpha value is -1.50. The van der Waals surface area contributed by atoms with Crippen molar-refractivity contribution in [2.24, 2.45) is 0 Å². The minimum absolute atomic E-state index is 0.286. The Balaban J connectivity index is 0.000000170. The fourth-order valence-electron chi connectivity index (χ4n) is 6.38. The second-order valence-electron chi connectivity index (χ2n) is 13.2. The summed E-state index contributed by atoms with van der Waals surface area (Å²) in [5.41, 5.74) is 5.02. The van der Waals surface area contributed by atoms with Crippen molar-refractivity contribution in [3.8, 4) is 10.6 Å². The molecule has 2 aromatic carbocycles. The molecule has 0 amide bonds. The Morgan fingerprint density at radius 1 is 0.700 bits per heavy atom. The molecule has 0 radical (unpaired) electrons. The van der Waals surface area contributed by atoms with Gasteiger partial charge < -0.3 is 9.13 Å². The molecule has 6 rings (SSSR count). The Bertz CT molecular complexity index is 1860. The number of hydrogen-bond donors (Lipinski definition) is 0. The second kappa shape index (κ2) is 20.1. The maximum absolute atomic E-state index is 6.23. The van der Waals surface area contributed by atoms with Crippen LogP contribution in [0, 0.1) is 0 Å². The Morgan fingerprint density at radius 3 is 1.68 bits per heavy atom. The fourth-order valence-corrected chi connectivity index (χ4v) is 27.4. The van der Waals surface area contributed by atoms with Crippen LogP contribution in [0.4, 0.5) is 0 Å². The number of unbranched alkanes of at least 4 members (excludes halogenated alkanes) is 3. The van der Waals surface area contributed by atoms with E-state index >= 15 is 0 Å². The first kappa shape index (κ1) is 41.3. The van der Waals surface area contributed by atoms with Crippen LogP contribution in [0.1, 0.15) is 99.1 Å². The summed E-state index contributed by atoms with van der Waals surface area (Å²) in [6.45, 7) is 15.4. The predicted molar refractivity (Wildman–Crippen MR) is 226 cm³/mol. The zero-order valence-corrected chi connectivity index (χ0v) is 38.0. The van der Waals surface area contributed by atoms with Crippen molar-refractivity contribution >= 4 is 105 Å². The van der Waals surface area contributed by atoms with E-state index in [0.29, 0.717) is 16.6 Å². The van der Waals surface area contributed by atoms with Gasteiger partial charge in [0.1, 0.15) is 16.0 Å². The third-order valence-electron chi connectivity index (χ3n) is 8.91. The van der Waals surface area contributed by atoms with E-state index in [1.54, 1.807) is 33.9 Å². The topological polar surface area (TPSA) is 61.4 Å². The number of rotatable bonds is 13. The number of fused-ring (bicyclic) bond motifs is 2. The quantitative estimate of drug-likeness (QED) is 0.108. The summed E-state index contributed by atoms with van der Waals surface area (Å²) in [6, 6.07) is 12.7. The third-order valence-corrected chi connectivity index (χ3v) is 29.6. The molecule has 0 aliphatic carbocycles. The van der Waals surface area contributed by atoms with Crippen LogP contribution in [-0.2, 0) is 0 Å². The number of hydrogen-bond acceptors (Lipinski definition) is 6. The summed E-state index contributed by atoms with van der Waals surface area (Å²) in [5, 5.41) is 6.22. The van der Waals surface area contributed by atoms with Gasteiger partial charge in [-0.2, -0.15) is 0 Å². The number of imidazole rings is 2. The molecule has 4 heterocycles. The van der Waals surface area contributed by atoms with Crippen molar-refractivity contribution in [3.05, 3.63) is 74.6 Å².